The molecule has 8 heteroatoms. The molecule has 2 aliphatic rings. The molecule has 3 rings (SSSR count). The lowest BCUT2D eigenvalue weighted by molar-refractivity contribution is -0.154. The van der Waals surface area contributed by atoms with E-state index in [1.165, 1.54) is 31.5 Å². The number of amides is 1. The fourth-order valence-electron chi connectivity index (χ4n) is 4.02. The molecule has 144 valence electrons. The minimum Gasteiger partial charge on any atom is -0.467 e. The number of hydrogen-bond donors (Lipinski definition) is 0. The summed E-state index contributed by atoms with van der Waals surface area (Å²) in [6, 6.07) is 1.58. The minimum atomic E-state index is -4.47. The molecule has 1 aliphatic carbocycles. The average Bonchev–Trinajstić information content (AvgIpc) is 3.09. The first-order chi connectivity index (χ1) is 12.3. The van der Waals surface area contributed by atoms with Gasteiger partial charge in [-0.3, -0.25) is 4.79 Å². The second-order valence-electron chi connectivity index (χ2n) is 7.02. The second-order valence-corrected chi connectivity index (χ2v) is 7.43. The van der Waals surface area contributed by atoms with Gasteiger partial charge in [0.25, 0.3) is 5.91 Å². The molecule has 1 saturated carbocycles. The zero-order valence-electron chi connectivity index (χ0n) is 14.4. The highest BCUT2D eigenvalue weighted by atomic mass is 35.5. The molecule has 0 spiro atoms. The van der Waals surface area contributed by atoms with Crippen molar-refractivity contribution in [2.75, 3.05) is 13.2 Å². The third kappa shape index (κ3) is 4.61. The van der Waals surface area contributed by atoms with Crippen LogP contribution in [0.25, 0.3) is 0 Å². The minimum absolute atomic E-state index is 0.0893. The lowest BCUT2D eigenvalue weighted by Gasteiger charge is -2.34. The summed E-state index contributed by atoms with van der Waals surface area (Å²) in [6.07, 6.45) is 4.73. The van der Waals surface area contributed by atoms with Gasteiger partial charge >= 0.3 is 6.18 Å². The monoisotopic (exact) mass is 390 g/mol. The van der Waals surface area contributed by atoms with E-state index in [1.54, 1.807) is 0 Å². The summed E-state index contributed by atoms with van der Waals surface area (Å²) in [7, 11) is 0. The van der Waals surface area contributed by atoms with Gasteiger partial charge in [0.15, 0.2) is 6.61 Å². The van der Waals surface area contributed by atoms with Crippen LogP contribution in [0.4, 0.5) is 13.2 Å². The van der Waals surface area contributed by atoms with E-state index in [-0.39, 0.29) is 28.4 Å². The van der Waals surface area contributed by atoms with Crippen LogP contribution in [0.5, 0.6) is 5.88 Å². The Labute approximate surface area is 155 Å². The first-order valence-corrected chi connectivity index (χ1v) is 9.39. The fourth-order valence-corrected chi connectivity index (χ4v) is 4.24. The Bertz CT molecular complexity index is 648. The Morgan fingerprint density at radius 1 is 1.23 bits per heavy atom. The molecule has 1 aromatic rings. The van der Waals surface area contributed by atoms with Crippen molar-refractivity contribution in [3.8, 4) is 5.88 Å². The van der Waals surface area contributed by atoms with Crippen LogP contribution in [0, 0.1) is 5.92 Å². The van der Waals surface area contributed by atoms with Crippen LogP contribution in [0.2, 0.25) is 5.02 Å². The van der Waals surface area contributed by atoms with Crippen LogP contribution < -0.4 is 4.74 Å². The van der Waals surface area contributed by atoms with E-state index < -0.39 is 12.8 Å². The fraction of sp³-hybridized carbons (Fsp3) is 0.667. The lowest BCUT2D eigenvalue weighted by Crippen LogP contribution is -2.40. The van der Waals surface area contributed by atoms with Crippen molar-refractivity contribution in [3.05, 3.63) is 22.8 Å². The maximum absolute atomic E-state index is 12.9. The smallest absolute Gasteiger partial charge is 0.422 e. The van der Waals surface area contributed by atoms with E-state index in [0.29, 0.717) is 12.5 Å². The van der Waals surface area contributed by atoms with E-state index in [2.05, 4.69) is 9.72 Å². The highest BCUT2D eigenvalue weighted by Crippen LogP contribution is 2.35. The summed E-state index contributed by atoms with van der Waals surface area (Å²) in [5, 5.41) is -0.0893. The van der Waals surface area contributed by atoms with E-state index in [1.807, 2.05) is 4.90 Å². The molecule has 0 radical (unpaired) electrons. The maximum Gasteiger partial charge on any atom is 0.422 e. The summed E-state index contributed by atoms with van der Waals surface area (Å²) in [5.74, 6) is 0.0636. The quantitative estimate of drug-likeness (QED) is 0.737. The van der Waals surface area contributed by atoms with Crippen molar-refractivity contribution in [1.82, 2.24) is 9.88 Å². The van der Waals surface area contributed by atoms with Crippen molar-refractivity contribution >= 4 is 17.5 Å². The molecular weight excluding hydrogens is 369 g/mol. The highest BCUT2D eigenvalue weighted by Gasteiger charge is 2.36. The number of halogens is 4. The second kappa shape index (κ2) is 8.03. The summed E-state index contributed by atoms with van der Waals surface area (Å²) >= 11 is 5.97. The standard InChI is InChI=1S/C18H22ClF3N2O2/c19-14-9-13(10-23-16(14)26-11-18(20,21)22)17(25)24-8-4-7-15(24)12-5-2-1-3-6-12/h9-10,12,15H,1-8,11H2. The van der Waals surface area contributed by atoms with Crippen LogP contribution in [0.3, 0.4) is 0 Å². The van der Waals surface area contributed by atoms with Crippen LogP contribution >= 0.6 is 11.6 Å². The Kier molecular flexibility index (Phi) is 5.95. The Hall–Kier alpha value is -1.50. The Balaban J connectivity index is 1.69. The number of hydrogen-bond acceptors (Lipinski definition) is 3. The first kappa shape index (κ1) is 19.3. The van der Waals surface area contributed by atoms with Gasteiger partial charge in [0.05, 0.1) is 5.56 Å². The predicted molar refractivity (Wildman–Crippen MR) is 91.4 cm³/mol. The maximum atomic E-state index is 12.9. The molecule has 1 atom stereocenters. The summed E-state index contributed by atoms with van der Waals surface area (Å²) in [6.45, 7) is -0.771. The average molecular weight is 391 g/mol. The van der Waals surface area contributed by atoms with Crippen LogP contribution in [0.1, 0.15) is 55.3 Å². The molecule has 2 fully saturated rings. The first-order valence-electron chi connectivity index (χ1n) is 9.01. The van der Waals surface area contributed by atoms with E-state index >= 15 is 0 Å². The highest BCUT2D eigenvalue weighted by molar-refractivity contribution is 6.32. The summed E-state index contributed by atoms with van der Waals surface area (Å²) < 4.78 is 41.3. The van der Waals surface area contributed by atoms with E-state index in [4.69, 9.17) is 11.6 Å². The molecule has 26 heavy (non-hydrogen) atoms. The van der Waals surface area contributed by atoms with Crippen molar-refractivity contribution in [3.63, 3.8) is 0 Å². The Morgan fingerprint density at radius 2 is 1.96 bits per heavy atom. The number of nitrogens with zero attached hydrogens (tertiary/aromatic N) is 2. The Morgan fingerprint density at radius 3 is 2.62 bits per heavy atom. The van der Waals surface area contributed by atoms with Crippen LogP contribution in [0.15, 0.2) is 12.3 Å². The molecule has 1 aliphatic heterocycles. The number of pyridine rings is 1. The molecule has 1 amide bonds. The van der Waals surface area contributed by atoms with Gasteiger partial charge in [-0.05, 0) is 37.7 Å². The normalized spacial score (nSPS) is 21.8. The van der Waals surface area contributed by atoms with Crippen molar-refractivity contribution in [1.29, 1.82) is 0 Å². The van der Waals surface area contributed by atoms with Crippen LogP contribution in [-0.2, 0) is 0 Å². The van der Waals surface area contributed by atoms with Crippen molar-refractivity contribution in [2.24, 2.45) is 5.92 Å². The van der Waals surface area contributed by atoms with Gasteiger partial charge in [-0.25, -0.2) is 4.98 Å². The molecule has 0 bridgehead atoms. The molecule has 0 N–H and O–H groups in total. The zero-order valence-corrected chi connectivity index (χ0v) is 15.2. The van der Waals surface area contributed by atoms with Crippen molar-refractivity contribution < 1.29 is 22.7 Å². The summed E-state index contributed by atoms with van der Waals surface area (Å²) in [4.78, 5) is 18.6. The van der Waals surface area contributed by atoms with Crippen LogP contribution in [-0.4, -0.2) is 41.2 Å². The molecule has 1 saturated heterocycles. The number of likely N-dealkylation sites (tertiary alicyclic amines) is 1. The van der Waals surface area contributed by atoms with Gasteiger partial charge in [0.2, 0.25) is 5.88 Å². The molecular formula is C18H22ClF3N2O2. The van der Waals surface area contributed by atoms with Gasteiger partial charge in [-0.1, -0.05) is 30.9 Å². The predicted octanol–water partition coefficient (Wildman–Crippen LogP) is 4.86. The molecule has 2 heterocycles. The van der Waals surface area contributed by atoms with Gasteiger partial charge in [-0.15, -0.1) is 0 Å². The lowest BCUT2D eigenvalue weighted by atomic mass is 9.83. The topological polar surface area (TPSA) is 42.4 Å². The summed E-state index contributed by atoms with van der Waals surface area (Å²) in [5.41, 5.74) is 0.289. The number of ether oxygens (including phenoxy) is 1. The largest absolute Gasteiger partial charge is 0.467 e. The SMILES string of the molecule is O=C(c1cnc(OCC(F)(F)F)c(Cl)c1)N1CCCC1C1CCCCC1. The van der Waals surface area contributed by atoms with E-state index in [9.17, 15) is 18.0 Å². The molecule has 4 nitrogen and oxygen atoms in total. The number of carbonyl (C=O) groups is 1. The number of carbonyl (C=O) groups excluding carboxylic acids is 1. The molecule has 1 aromatic heterocycles. The van der Waals surface area contributed by atoms with E-state index in [0.717, 1.165) is 25.7 Å². The number of aromatic nitrogens is 1. The van der Waals surface area contributed by atoms with Crippen molar-refractivity contribution in [2.45, 2.75) is 57.2 Å². The van der Waals surface area contributed by atoms with Gasteiger partial charge in [0.1, 0.15) is 5.02 Å². The third-order valence-corrected chi connectivity index (χ3v) is 5.45. The zero-order chi connectivity index (χ0) is 18.7. The third-order valence-electron chi connectivity index (χ3n) is 5.18. The molecule has 0 aromatic carbocycles. The number of rotatable bonds is 4. The van der Waals surface area contributed by atoms with Gasteiger partial charge < -0.3 is 9.64 Å². The van der Waals surface area contributed by atoms with Gasteiger partial charge in [0, 0.05) is 18.8 Å². The number of alkyl halides is 3. The molecule has 1 unspecified atom stereocenters. The van der Waals surface area contributed by atoms with Gasteiger partial charge in [-0.2, -0.15) is 13.2 Å².